The molecule has 4 N–H and O–H groups in total. The Kier molecular flexibility index (Phi) is 4.49. The standard InChI is InChI=1S/C10H14FN3O3S/c1-2-5-13-10(15)14-18(16,17)9-6-7(12)3-4-8(9)11/h3-4,6H,2,5,12H2,1H3,(H2,13,14,15). The molecular formula is C10H14FN3O3S. The number of urea groups is 1. The summed E-state index contributed by atoms with van der Waals surface area (Å²) in [6.45, 7) is 2.13. The molecule has 0 aliphatic rings. The summed E-state index contributed by atoms with van der Waals surface area (Å²) in [6, 6.07) is 2.20. The largest absolute Gasteiger partial charge is 0.399 e. The summed E-state index contributed by atoms with van der Waals surface area (Å²) in [7, 11) is -4.26. The molecule has 0 saturated carbocycles. The van der Waals surface area contributed by atoms with E-state index in [9.17, 15) is 17.6 Å². The predicted octanol–water partition coefficient (Wildman–Crippen LogP) is 0.806. The molecule has 6 nitrogen and oxygen atoms in total. The second kappa shape index (κ2) is 5.67. The first-order chi connectivity index (χ1) is 8.36. The molecule has 0 aromatic heterocycles. The monoisotopic (exact) mass is 275 g/mol. The number of hydrogen-bond donors (Lipinski definition) is 3. The molecule has 0 unspecified atom stereocenters. The van der Waals surface area contributed by atoms with Crippen molar-refractivity contribution >= 4 is 21.7 Å². The van der Waals surface area contributed by atoms with E-state index in [1.54, 1.807) is 4.72 Å². The van der Waals surface area contributed by atoms with E-state index < -0.39 is 26.8 Å². The SMILES string of the molecule is CCCNC(=O)NS(=O)(=O)c1cc(N)ccc1F. The lowest BCUT2D eigenvalue weighted by molar-refractivity contribution is 0.246. The fourth-order valence-corrected chi connectivity index (χ4v) is 2.22. The predicted molar refractivity (Wildman–Crippen MR) is 64.8 cm³/mol. The van der Waals surface area contributed by atoms with Gasteiger partial charge in [0.2, 0.25) is 0 Å². The first kappa shape index (κ1) is 14.2. The molecule has 100 valence electrons. The van der Waals surface area contributed by atoms with Crippen LogP contribution in [0, 0.1) is 5.82 Å². The van der Waals surface area contributed by atoms with Crippen LogP contribution in [0.1, 0.15) is 13.3 Å². The van der Waals surface area contributed by atoms with Gasteiger partial charge in [-0.15, -0.1) is 0 Å². The van der Waals surface area contributed by atoms with Crippen LogP contribution in [-0.2, 0) is 10.0 Å². The van der Waals surface area contributed by atoms with Crippen LogP contribution in [-0.4, -0.2) is 21.0 Å². The van der Waals surface area contributed by atoms with Gasteiger partial charge in [0.25, 0.3) is 10.0 Å². The van der Waals surface area contributed by atoms with Crippen molar-refractivity contribution in [3.63, 3.8) is 0 Å². The molecule has 0 fully saturated rings. The fraction of sp³-hybridized carbons (Fsp3) is 0.300. The molecule has 0 aliphatic heterocycles. The Hall–Kier alpha value is -1.83. The van der Waals surface area contributed by atoms with E-state index >= 15 is 0 Å². The molecule has 0 radical (unpaired) electrons. The Morgan fingerprint density at radius 3 is 2.72 bits per heavy atom. The van der Waals surface area contributed by atoms with Gasteiger partial charge in [-0.2, -0.15) is 0 Å². The number of anilines is 1. The van der Waals surface area contributed by atoms with Gasteiger partial charge in [-0.05, 0) is 24.6 Å². The zero-order valence-corrected chi connectivity index (χ0v) is 10.6. The Balaban J connectivity index is 2.93. The van der Waals surface area contributed by atoms with Crippen LogP contribution in [0.3, 0.4) is 0 Å². The summed E-state index contributed by atoms with van der Waals surface area (Å²) in [5.74, 6) is -0.972. The second-order valence-electron chi connectivity index (χ2n) is 3.55. The summed E-state index contributed by atoms with van der Waals surface area (Å²) in [4.78, 5) is 10.6. The summed E-state index contributed by atoms with van der Waals surface area (Å²) in [5.41, 5.74) is 5.46. The van der Waals surface area contributed by atoms with Crippen molar-refractivity contribution in [3.8, 4) is 0 Å². The van der Waals surface area contributed by atoms with Crippen LogP contribution in [0.4, 0.5) is 14.9 Å². The van der Waals surface area contributed by atoms with Gasteiger partial charge in [0.05, 0.1) is 0 Å². The van der Waals surface area contributed by atoms with Gasteiger partial charge in [-0.25, -0.2) is 22.3 Å². The molecule has 18 heavy (non-hydrogen) atoms. The average Bonchev–Trinajstić information content (AvgIpc) is 2.29. The number of rotatable bonds is 4. The van der Waals surface area contributed by atoms with Gasteiger partial charge in [-0.3, -0.25) is 0 Å². The maximum Gasteiger partial charge on any atom is 0.328 e. The summed E-state index contributed by atoms with van der Waals surface area (Å²) >= 11 is 0. The Bertz CT molecular complexity index is 545. The highest BCUT2D eigenvalue weighted by Gasteiger charge is 2.21. The molecule has 1 aromatic rings. The number of nitrogen functional groups attached to an aromatic ring is 1. The highest BCUT2D eigenvalue weighted by atomic mass is 32.2. The zero-order valence-electron chi connectivity index (χ0n) is 9.73. The number of nitrogens with one attached hydrogen (secondary N) is 2. The second-order valence-corrected chi connectivity index (χ2v) is 5.20. The van der Waals surface area contributed by atoms with Gasteiger partial charge in [0, 0.05) is 12.2 Å². The molecule has 2 amide bonds. The third-order valence-electron chi connectivity index (χ3n) is 2.01. The van der Waals surface area contributed by atoms with Crippen LogP contribution in [0.15, 0.2) is 23.1 Å². The summed E-state index contributed by atoms with van der Waals surface area (Å²) in [5, 5.41) is 2.31. The van der Waals surface area contributed by atoms with E-state index in [2.05, 4.69) is 5.32 Å². The lowest BCUT2D eigenvalue weighted by Crippen LogP contribution is -2.39. The minimum atomic E-state index is -4.26. The van der Waals surface area contributed by atoms with Gasteiger partial charge in [0.15, 0.2) is 0 Å². The molecule has 1 rings (SSSR count). The minimum absolute atomic E-state index is 0.0886. The van der Waals surface area contributed by atoms with Crippen molar-refractivity contribution in [2.45, 2.75) is 18.2 Å². The maximum absolute atomic E-state index is 13.4. The first-order valence-electron chi connectivity index (χ1n) is 5.22. The first-order valence-corrected chi connectivity index (χ1v) is 6.71. The van der Waals surface area contributed by atoms with Crippen LogP contribution in [0.25, 0.3) is 0 Å². The lowest BCUT2D eigenvalue weighted by Gasteiger charge is -2.09. The van der Waals surface area contributed by atoms with Crippen molar-refractivity contribution in [1.82, 2.24) is 10.0 Å². The van der Waals surface area contributed by atoms with E-state index in [4.69, 9.17) is 5.73 Å². The molecule has 8 heteroatoms. The molecule has 0 saturated heterocycles. The normalized spacial score (nSPS) is 11.0. The lowest BCUT2D eigenvalue weighted by atomic mass is 10.3. The Labute approximate surface area is 104 Å². The zero-order chi connectivity index (χ0) is 13.8. The highest BCUT2D eigenvalue weighted by molar-refractivity contribution is 7.90. The van der Waals surface area contributed by atoms with Crippen molar-refractivity contribution in [2.75, 3.05) is 12.3 Å². The number of halogens is 1. The Morgan fingerprint density at radius 1 is 1.44 bits per heavy atom. The van der Waals surface area contributed by atoms with Gasteiger partial charge < -0.3 is 11.1 Å². The molecular weight excluding hydrogens is 261 g/mol. The van der Waals surface area contributed by atoms with E-state index in [1.165, 1.54) is 6.07 Å². The number of carbonyl (C=O) groups is 1. The van der Waals surface area contributed by atoms with Crippen LogP contribution in [0.5, 0.6) is 0 Å². The van der Waals surface area contributed by atoms with E-state index in [0.717, 1.165) is 12.1 Å². The molecule has 0 atom stereocenters. The summed E-state index contributed by atoms with van der Waals surface area (Å²) in [6.07, 6.45) is 0.653. The highest BCUT2D eigenvalue weighted by Crippen LogP contribution is 2.17. The molecule has 0 bridgehead atoms. The fourth-order valence-electron chi connectivity index (χ4n) is 1.18. The van der Waals surface area contributed by atoms with Crippen molar-refractivity contribution in [1.29, 1.82) is 0 Å². The van der Waals surface area contributed by atoms with E-state index in [-0.39, 0.29) is 5.69 Å². The van der Waals surface area contributed by atoms with Crippen LogP contribution < -0.4 is 15.8 Å². The van der Waals surface area contributed by atoms with Gasteiger partial charge in [-0.1, -0.05) is 6.92 Å². The van der Waals surface area contributed by atoms with Crippen LogP contribution >= 0.6 is 0 Å². The molecule has 1 aromatic carbocycles. The quantitative estimate of drug-likeness (QED) is 0.707. The topological polar surface area (TPSA) is 101 Å². The smallest absolute Gasteiger partial charge is 0.328 e. The van der Waals surface area contributed by atoms with Crippen LogP contribution in [0.2, 0.25) is 0 Å². The van der Waals surface area contributed by atoms with E-state index in [1.807, 2.05) is 6.92 Å². The van der Waals surface area contributed by atoms with Gasteiger partial charge >= 0.3 is 6.03 Å². The van der Waals surface area contributed by atoms with Gasteiger partial charge in [0.1, 0.15) is 10.7 Å². The van der Waals surface area contributed by atoms with Crippen molar-refractivity contribution < 1.29 is 17.6 Å². The number of hydrogen-bond acceptors (Lipinski definition) is 4. The number of amides is 2. The minimum Gasteiger partial charge on any atom is -0.399 e. The van der Waals surface area contributed by atoms with Crippen molar-refractivity contribution in [2.24, 2.45) is 0 Å². The van der Waals surface area contributed by atoms with Crippen molar-refractivity contribution in [3.05, 3.63) is 24.0 Å². The van der Waals surface area contributed by atoms with E-state index in [0.29, 0.717) is 13.0 Å². The third-order valence-corrected chi connectivity index (χ3v) is 3.35. The Morgan fingerprint density at radius 2 is 2.11 bits per heavy atom. The number of benzene rings is 1. The maximum atomic E-state index is 13.4. The molecule has 0 heterocycles. The molecule has 0 aliphatic carbocycles. The number of nitrogens with two attached hydrogens (primary N) is 1. The number of sulfonamides is 1. The number of carbonyl (C=O) groups excluding carboxylic acids is 1. The third kappa shape index (κ3) is 3.59. The molecule has 0 spiro atoms. The summed E-state index contributed by atoms with van der Waals surface area (Å²) < 4.78 is 38.5. The average molecular weight is 275 g/mol.